The maximum Gasteiger partial charge on any atom is 0.317 e. The Labute approximate surface area is 147 Å². The van der Waals surface area contributed by atoms with Crippen molar-refractivity contribution < 1.29 is 14.3 Å². The van der Waals surface area contributed by atoms with Gasteiger partial charge in [-0.2, -0.15) is 0 Å². The van der Waals surface area contributed by atoms with E-state index in [1.807, 2.05) is 29.2 Å². The van der Waals surface area contributed by atoms with Crippen LogP contribution < -0.4 is 10.1 Å². The number of hydrogen-bond acceptors (Lipinski definition) is 3. The van der Waals surface area contributed by atoms with Gasteiger partial charge in [-0.3, -0.25) is 0 Å². The fraction of sp³-hybridized carbons (Fsp3) is 0.450. The molecule has 132 valence electrons. The molecule has 2 aromatic rings. The van der Waals surface area contributed by atoms with Gasteiger partial charge in [0.25, 0.3) is 0 Å². The maximum atomic E-state index is 12.3. The van der Waals surface area contributed by atoms with Gasteiger partial charge in [-0.25, -0.2) is 4.79 Å². The van der Waals surface area contributed by atoms with Gasteiger partial charge in [-0.15, -0.1) is 0 Å². The number of rotatable bonds is 4. The average molecular weight is 340 g/mol. The van der Waals surface area contributed by atoms with Crippen LogP contribution in [-0.4, -0.2) is 50.4 Å². The lowest BCUT2D eigenvalue weighted by Gasteiger charge is -2.22. The minimum Gasteiger partial charge on any atom is -0.491 e. The molecule has 4 rings (SSSR count). The van der Waals surface area contributed by atoms with Crippen LogP contribution in [0, 0.1) is 5.41 Å². The second-order valence-corrected chi connectivity index (χ2v) is 7.03. The number of likely N-dealkylation sites (tertiary alicyclic amines) is 1. The highest BCUT2D eigenvalue weighted by Crippen LogP contribution is 2.38. The number of carbonyl (C=O) groups is 1. The SMILES string of the molecule is O=C(NCCOc1cccc2ccccc12)N1CC[C@]2(CCOC2)C1. The summed E-state index contributed by atoms with van der Waals surface area (Å²) in [5.41, 5.74) is 0.205. The normalized spacial score (nSPS) is 22.6. The fourth-order valence-corrected chi connectivity index (χ4v) is 3.83. The lowest BCUT2D eigenvalue weighted by atomic mass is 9.87. The van der Waals surface area contributed by atoms with Crippen molar-refractivity contribution in [2.45, 2.75) is 12.8 Å². The first kappa shape index (κ1) is 16.2. The van der Waals surface area contributed by atoms with E-state index in [4.69, 9.17) is 9.47 Å². The van der Waals surface area contributed by atoms with Crippen LogP contribution in [0.4, 0.5) is 4.79 Å². The highest BCUT2D eigenvalue weighted by atomic mass is 16.5. The van der Waals surface area contributed by atoms with E-state index in [2.05, 4.69) is 23.5 Å². The largest absolute Gasteiger partial charge is 0.491 e. The molecular formula is C20H24N2O3. The van der Waals surface area contributed by atoms with E-state index in [1.54, 1.807) is 0 Å². The van der Waals surface area contributed by atoms with Crippen LogP contribution in [0.3, 0.4) is 0 Å². The number of fused-ring (bicyclic) bond motifs is 1. The highest BCUT2D eigenvalue weighted by molar-refractivity contribution is 5.88. The smallest absolute Gasteiger partial charge is 0.317 e. The number of amides is 2. The molecule has 2 amide bonds. The molecular weight excluding hydrogens is 316 g/mol. The first-order valence-electron chi connectivity index (χ1n) is 8.97. The van der Waals surface area contributed by atoms with Crippen molar-refractivity contribution in [1.29, 1.82) is 0 Å². The summed E-state index contributed by atoms with van der Waals surface area (Å²) >= 11 is 0. The summed E-state index contributed by atoms with van der Waals surface area (Å²) in [6.45, 7) is 4.21. The van der Waals surface area contributed by atoms with Gasteiger partial charge in [0.05, 0.1) is 13.2 Å². The number of hydrogen-bond donors (Lipinski definition) is 1. The molecule has 2 fully saturated rings. The van der Waals surface area contributed by atoms with E-state index in [0.29, 0.717) is 13.2 Å². The minimum absolute atomic E-state index is 0.00490. The zero-order valence-corrected chi connectivity index (χ0v) is 14.4. The molecule has 2 aromatic carbocycles. The zero-order chi connectivity index (χ0) is 17.1. The number of nitrogens with one attached hydrogen (secondary N) is 1. The Morgan fingerprint density at radius 1 is 1.20 bits per heavy atom. The van der Waals surface area contributed by atoms with E-state index >= 15 is 0 Å². The quantitative estimate of drug-likeness (QED) is 0.871. The standard InChI is InChI=1S/C20H24N2O3/c23-19(22-11-8-20(14-22)9-12-24-15-20)21-10-13-25-18-7-3-5-16-4-1-2-6-17(16)18/h1-7H,8-15H2,(H,21,23)/t20-/m0/s1. The molecule has 0 saturated carbocycles. The van der Waals surface area contributed by atoms with Crippen LogP contribution in [0.15, 0.2) is 42.5 Å². The topological polar surface area (TPSA) is 50.8 Å². The Morgan fingerprint density at radius 2 is 2.08 bits per heavy atom. The molecule has 0 aliphatic carbocycles. The lowest BCUT2D eigenvalue weighted by Crippen LogP contribution is -2.41. The van der Waals surface area contributed by atoms with E-state index in [1.165, 1.54) is 0 Å². The number of ether oxygens (including phenoxy) is 2. The van der Waals surface area contributed by atoms with Crippen molar-refractivity contribution in [2.75, 3.05) is 39.5 Å². The summed E-state index contributed by atoms with van der Waals surface area (Å²) in [7, 11) is 0. The van der Waals surface area contributed by atoms with Crippen LogP contribution >= 0.6 is 0 Å². The zero-order valence-electron chi connectivity index (χ0n) is 14.4. The van der Waals surface area contributed by atoms with Crippen molar-refractivity contribution in [3.63, 3.8) is 0 Å². The number of urea groups is 1. The Bertz CT molecular complexity index is 750. The van der Waals surface area contributed by atoms with Crippen molar-refractivity contribution in [3.05, 3.63) is 42.5 Å². The predicted octanol–water partition coefficient (Wildman–Crippen LogP) is 3.04. The van der Waals surface area contributed by atoms with Crippen LogP contribution in [0.25, 0.3) is 10.8 Å². The summed E-state index contributed by atoms with van der Waals surface area (Å²) < 4.78 is 11.4. The van der Waals surface area contributed by atoms with Crippen LogP contribution in [-0.2, 0) is 4.74 Å². The highest BCUT2D eigenvalue weighted by Gasteiger charge is 2.42. The molecule has 2 saturated heterocycles. The van der Waals surface area contributed by atoms with Crippen molar-refractivity contribution in [1.82, 2.24) is 10.2 Å². The van der Waals surface area contributed by atoms with Gasteiger partial charge in [0.15, 0.2) is 0 Å². The second-order valence-electron chi connectivity index (χ2n) is 7.03. The van der Waals surface area contributed by atoms with Gasteiger partial charge in [0.1, 0.15) is 12.4 Å². The third kappa shape index (κ3) is 3.42. The third-order valence-corrected chi connectivity index (χ3v) is 5.30. The van der Waals surface area contributed by atoms with E-state index in [0.717, 1.165) is 55.7 Å². The number of carbonyl (C=O) groups excluding carboxylic acids is 1. The van der Waals surface area contributed by atoms with Crippen molar-refractivity contribution >= 4 is 16.8 Å². The Balaban J connectivity index is 1.26. The summed E-state index contributed by atoms with van der Waals surface area (Å²) in [4.78, 5) is 14.2. The molecule has 1 N–H and O–H groups in total. The average Bonchev–Trinajstić information content (AvgIpc) is 3.29. The van der Waals surface area contributed by atoms with Gasteiger partial charge >= 0.3 is 6.03 Å². The Kier molecular flexibility index (Phi) is 4.49. The first-order chi connectivity index (χ1) is 12.3. The molecule has 2 aliphatic rings. The van der Waals surface area contributed by atoms with Crippen LogP contribution in [0.5, 0.6) is 5.75 Å². The number of benzene rings is 2. The van der Waals surface area contributed by atoms with Gasteiger partial charge in [-0.1, -0.05) is 36.4 Å². The molecule has 0 radical (unpaired) electrons. The van der Waals surface area contributed by atoms with Crippen molar-refractivity contribution in [3.8, 4) is 5.75 Å². The molecule has 0 unspecified atom stereocenters. The van der Waals surface area contributed by atoms with Gasteiger partial charge in [-0.05, 0) is 24.3 Å². The van der Waals surface area contributed by atoms with Crippen LogP contribution in [0.1, 0.15) is 12.8 Å². The molecule has 2 aliphatic heterocycles. The molecule has 5 nitrogen and oxygen atoms in total. The van der Waals surface area contributed by atoms with E-state index in [9.17, 15) is 4.79 Å². The molecule has 1 atom stereocenters. The van der Waals surface area contributed by atoms with Gasteiger partial charge < -0.3 is 19.7 Å². The molecule has 2 heterocycles. The predicted molar refractivity (Wildman–Crippen MR) is 96.9 cm³/mol. The molecule has 1 spiro atoms. The monoisotopic (exact) mass is 340 g/mol. The number of nitrogens with zero attached hydrogens (tertiary/aromatic N) is 1. The van der Waals surface area contributed by atoms with Crippen molar-refractivity contribution in [2.24, 2.45) is 5.41 Å². The van der Waals surface area contributed by atoms with Gasteiger partial charge in [0.2, 0.25) is 0 Å². The maximum absolute atomic E-state index is 12.3. The fourth-order valence-electron chi connectivity index (χ4n) is 3.83. The second kappa shape index (κ2) is 6.92. The van der Waals surface area contributed by atoms with E-state index < -0.39 is 0 Å². The minimum atomic E-state index is 0.00490. The Hall–Kier alpha value is -2.27. The van der Waals surface area contributed by atoms with Gasteiger partial charge in [0, 0.05) is 30.5 Å². The molecule has 5 heteroatoms. The molecule has 25 heavy (non-hydrogen) atoms. The first-order valence-corrected chi connectivity index (χ1v) is 8.97. The molecule has 0 aromatic heterocycles. The molecule has 0 bridgehead atoms. The van der Waals surface area contributed by atoms with E-state index in [-0.39, 0.29) is 11.4 Å². The summed E-state index contributed by atoms with van der Waals surface area (Å²) in [6.07, 6.45) is 2.12. The summed E-state index contributed by atoms with van der Waals surface area (Å²) in [5.74, 6) is 0.857. The summed E-state index contributed by atoms with van der Waals surface area (Å²) in [6, 6.07) is 14.2. The Morgan fingerprint density at radius 3 is 2.96 bits per heavy atom. The summed E-state index contributed by atoms with van der Waals surface area (Å²) in [5, 5.41) is 5.22. The lowest BCUT2D eigenvalue weighted by molar-refractivity contribution is 0.152. The third-order valence-electron chi connectivity index (χ3n) is 5.30. The van der Waals surface area contributed by atoms with Crippen LogP contribution in [0.2, 0.25) is 0 Å².